The van der Waals surface area contributed by atoms with Crippen LogP contribution >= 0.6 is 15.9 Å². The van der Waals surface area contributed by atoms with E-state index in [0.717, 1.165) is 4.47 Å². The lowest BCUT2D eigenvalue weighted by Crippen LogP contribution is -1.93. The molecule has 0 fully saturated rings. The first-order valence-corrected chi connectivity index (χ1v) is 6.01. The molecule has 0 saturated carbocycles. The molecule has 0 saturated heterocycles. The largest absolute Gasteiger partial charge is 0.0836 e. The molecule has 2 aromatic rings. The second kappa shape index (κ2) is 3.49. The number of allylic oxidation sites excluding steroid dienone is 1. The molecule has 0 nitrogen and oxygen atoms in total. The van der Waals surface area contributed by atoms with E-state index in [1.54, 1.807) is 0 Å². The van der Waals surface area contributed by atoms with E-state index >= 15 is 0 Å². The van der Waals surface area contributed by atoms with E-state index in [1.807, 2.05) is 0 Å². The van der Waals surface area contributed by atoms with E-state index < -0.39 is 0 Å². The summed E-state index contributed by atoms with van der Waals surface area (Å²) in [7, 11) is 0. The van der Waals surface area contributed by atoms with Gasteiger partial charge in [0.25, 0.3) is 0 Å². The van der Waals surface area contributed by atoms with Crippen LogP contribution in [0.25, 0.3) is 16.8 Å². The number of hydrogen-bond donors (Lipinski definition) is 0. The van der Waals surface area contributed by atoms with Crippen LogP contribution in [0.15, 0.2) is 40.9 Å². The Labute approximate surface area is 97.7 Å². The Morgan fingerprint density at radius 3 is 2.87 bits per heavy atom. The van der Waals surface area contributed by atoms with Crippen LogP contribution in [0.1, 0.15) is 17.5 Å². The summed E-state index contributed by atoms with van der Waals surface area (Å²) in [6, 6.07) is 11.1. The van der Waals surface area contributed by atoms with Crippen LogP contribution in [0.4, 0.5) is 0 Å². The van der Waals surface area contributed by atoms with Crippen LogP contribution in [0, 0.1) is 0 Å². The molecule has 0 unspecified atom stereocenters. The van der Waals surface area contributed by atoms with Crippen molar-refractivity contribution in [2.75, 3.05) is 0 Å². The monoisotopic (exact) mass is 258 g/mol. The maximum atomic E-state index is 3.51. The molecule has 3 rings (SSSR count). The normalized spacial score (nSPS) is 14.2. The van der Waals surface area contributed by atoms with E-state index in [1.165, 1.54) is 34.7 Å². The molecular formula is C14H11Br. The van der Waals surface area contributed by atoms with Gasteiger partial charge < -0.3 is 0 Å². The van der Waals surface area contributed by atoms with Crippen LogP contribution < -0.4 is 0 Å². The average molecular weight is 259 g/mol. The number of benzene rings is 2. The van der Waals surface area contributed by atoms with Crippen LogP contribution in [-0.4, -0.2) is 0 Å². The van der Waals surface area contributed by atoms with Crippen LogP contribution in [0.3, 0.4) is 0 Å². The molecule has 0 amide bonds. The Hall–Kier alpha value is -1.08. The van der Waals surface area contributed by atoms with Crippen molar-refractivity contribution in [3.8, 4) is 0 Å². The predicted molar refractivity (Wildman–Crippen MR) is 69.0 cm³/mol. The molecule has 0 heterocycles. The minimum absolute atomic E-state index is 1.15. The van der Waals surface area contributed by atoms with Gasteiger partial charge in [0.1, 0.15) is 0 Å². The molecule has 2 aromatic carbocycles. The molecule has 15 heavy (non-hydrogen) atoms. The number of rotatable bonds is 0. The van der Waals surface area contributed by atoms with Gasteiger partial charge in [-0.1, -0.05) is 40.2 Å². The number of fused-ring (bicyclic) bond motifs is 2. The van der Waals surface area contributed by atoms with Crippen molar-refractivity contribution < 1.29 is 0 Å². The highest BCUT2D eigenvalue weighted by Crippen LogP contribution is 2.27. The molecule has 0 spiro atoms. The first kappa shape index (κ1) is 9.17. The highest BCUT2D eigenvalue weighted by molar-refractivity contribution is 9.10. The third-order valence-electron chi connectivity index (χ3n) is 2.94. The van der Waals surface area contributed by atoms with Crippen molar-refractivity contribution in [1.29, 1.82) is 0 Å². The van der Waals surface area contributed by atoms with Crippen LogP contribution in [-0.2, 0) is 6.42 Å². The Balaban J connectivity index is 2.32. The molecule has 0 bridgehead atoms. The van der Waals surface area contributed by atoms with Gasteiger partial charge in [-0.25, -0.2) is 0 Å². The minimum atomic E-state index is 1.15. The lowest BCUT2D eigenvalue weighted by atomic mass is 9.94. The number of hydrogen-bond acceptors (Lipinski definition) is 0. The maximum Gasteiger partial charge on any atom is 0.0181 e. The molecule has 1 aliphatic carbocycles. The zero-order valence-corrected chi connectivity index (χ0v) is 9.92. The van der Waals surface area contributed by atoms with Gasteiger partial charge in [0.2, 0.25) is 0 Å². The van der Waals surface area contributed by atoms with Gasteiger partial charge in [-0.2, -0.15) is 0 Å². The van der Waals surface area contributed by atoms with Gasteiger partial charge in [0.15, 0.2) is 0 Å². The second-order valence-electron chi connectivity index (χ2n) is 3.98. The summed E-state index contributed by atoms with van der Waals surface area (Å²) in [6.07, 6.45) is 6.84. The summed E-state index contributed by atoms with van der Waals surface area (Å²) in [6.45, 7) is 0. The number of aryl methyl sites for hydroxylation is 1. The number of halogens is 1. The van der Waals surface area contributed by atoms with Gasteiger partial charge in [-0.3, -0.25) is 0 Å². The summed E-state index contributed by atoms with van der Waals surface area (Å²) < 4.78 is 1.15. The highest BCUT2D eigenvalue weighted by Gasteiger charge is 2.05. The van der Waals surface area contributed by atoms with Gasteiger partial charge in [-0.05, 0) is 52.9 Å². The third kappa shape index (κ3) is 1.61. The van der Waals surface area contributed by atoms with E-state index in [9.17, 15) is 0 Å². The Bertz CT molecular complexity index is 553. The molecule has 0 N–H and O–H groups in total. The first-order chi connectivity index (χ1) is 7.33. The van der Waals surface area contributed by atoms with E-state index in [-0.39, 0.29) is 0 Å². The predicted octanol–water partition coefficient (Wildman–Crippen LogP) is 4.56. The fraction of sp³-hybridized carbons (Fsp3) is 0.143. The van der Waals surface area contributed by atoms with Crippen molar-refractivity contribution in [2.45, 2.75) is 12.8 Å². The van der Waals surface area contributed by atoms with Crippen molar-refractivity contribution in [2.24, 2.45) is 0 Å². The Kier molecular flexibility index (Phi) is 2.14. The average Bonchev–Trinajstić information content (AvgIpc) is 2.26. The van der Waals surface area contributed by atoms with E-state index in [4.69, 9.17) is 0 Å². The quantitative estimate of drug-likeness (QED) is 0.650. The van der Waals surface area contributed by atoms with E-state index in [0.29, 0.717) is 0 Å². The molecule has 1 aliphatic rings. The molecular weight excluding hydrogens is 248 g/mol. The SMILES string of the molecule is Brc1ccc2cc3c(cc2c1)CCC=C3. The molecule has 0 radical (unpaired) electrons. The summed E-state index contributed by atoms with van der Waals surface area (Å²) >= 11 is 3.51. The van der Waals surface area contributed by atoms with Crippen molar-refractivity contribution in [3.63, 3.8) is 0 Å². The smallest absolute Gasteiger partial charge is 0.0181 e. The zero-order chi connectivity index (χ0) is 10.3. The fourth-order valence-corrected chi connectivity index (χ4v) is 2.53. The highest BCUT2D eigenvalue weighted by atomic mass is 79.9. The topological polar surface area (TPSA) is 0 Å². The summed E-state index contributed by atoms with van der Waals surface area (Å²) in [5, 5.41) is 2.65. The van der Waals surface area contributed by atoms with Gasteiger partial charge in [-0.15, -0.1) is 0 Å². The Morgan fingerprint density at radius 2 is 1.93 bits per heavy atom. The molecule has 0 atom stereocenters. The van der Waals surface area contributed by atoms with Gasteiger partial charge >= 0.3 is 0 Å². The second-order valence-corrected chi connectivity index (χ2v) is 4.90. The first-order valence-electron chi connectivity index (χ1n) is 5.22. The summed E-state index contributed by atoms with van der Waals surface area (Å²) in [4.78, 5) is 0. The van der Waals surface area contributed by atoms with Gasteiger partial charge in [0.05, 0.1) is 0 Å². The molecule has 74 valence electrons. The van der Waals surface area contributed by atoms with Crippen molar-refractivity contribution in [3.05, 3.63) is 52.0 Å². The van der Waals surface area contributed by atoms with Crippen molar-refractivity contribution in [1.82, 2.24) is 0 Å². The maximum absolute atomic E-state index is 3.51. The van der Waals surface area contributed by atoms with Gasteiger partial charge in [0, 0.05) is 4.47 Å². The molecule has 1 heteroatoms. The molecule has 0 aromatic heterocycles. The minimum Gasteiger partial charge on any atom is -0.0836 e. The Morgan fingerprint density at radius 1 is 1.00 bits per heavy atom. The fourth-order valence-electron chi connectivity index (χ4n) is 2.15. The molecule has 0 aliphatic heterocycles. The zero-order valence-electron chi connectivity index (χ0n) is 8.33. The summed E-state index contributed by atoms with van der Waals surface area (Å²) in [5.41, 5.74) is 2.86. The lowest BCUT2D eigenvalue weighted by Gasteiger charge is -2.11. The lowest BCUT2D eigenvalue weighted by molar-refractivity contribution is 0.989. The summed E-state index contributed by atoms with van der Waals surface area (Å²) in [5.74, 6) is 0. The standard InChI is InChI=1S/C14H11Br/c15-14-6-5-12-7-10-3-1-2-4-11(10)8-13(12)9-14/h1,3,5-9H,2,4H2. The van der Waals surface area contributed by atoms with Crippen molar-refractivity contribution >= 4 is 32.8 Å². The van der Waals surface area contributed by atoms with Crippen LogP contribution in [0.2, 0.25) is 0 Å². The third-order valence-corrected chi connectivity index (χ3v) is 3.43. The van der Waals surface area contributed by atoms with Crippen LogP contribution in [0.5, 0.6) is 0 Å². The van der Waals surface area contributed by atoms with E-state index in [2.05, 4.69) is 58.4 Å².